The van der Waals surface area contributed by atoms with E-state index >= 15 is 0 Å². The van der Waals surface area contributed by atoms with E-state index in [1.54, 1.807) is 0 Å². The Kier molecular flexibility index (Phi) is 4.00. The Bertz CT molecular complexity index is 304. The standard InChI is InChI=1S/C13H22N2S/c1-3-8-15(11-6-7-11)13(10(2)14)12-5-4-9-16-12/h4-5,9-11,13H,3,6-8,14H2,1-2H3. The van der Waals surface area contributed by atoms with Crippen LogP contribution in [0, 0.1) is 0 Å². The smallest absolute Gasteiger partial charge is 0.0593 e. The molecule has 2 unspecified atom stereocenters. The second-order valence-corrected chi connectivity index (χ2v) is 5.77. The van der Waals surface area contributed by atoms with Gasteiger partial charge in [0, 0.05) is 17.0 Å². The van der Waals surface area contributed by atoms with Gasteiger partial charge in [-0.3, -0.25) is 4.90 Å². The van der Waals surface area contributed by atoms with Crippen molar-refractivity contribution >= 4 is 11.3 Å². The second-order valence-electron chi connectivity index (χ2n) is 4.79. The van der Waals surface area contributed by atoms with Crippen molar-refractivity contribution in [3.05, 3.63) is 22.4 Å². The summed E-state index contributed by atoms with van der Waals surface area (Å²) in [6, 6.07) is 5.78. The maximum absolute atomic E-state index is 6.19. The lowest BCUT2D eigenvalue weighted by Gasteiger charge is -2.33. The molecule has 2 atom stereocenters. The fourth-order valence-corrected chi connectivity index (χ4v) is 3.36. The summed E-state index contributed by atoms with van der Waals surface area (Å²) in [7, 11) is 0. The Balaban J connectivity index is 2.16. The van der Waals surface area contributed by atoms with Gasteiger partial charge in [0.2, 0.25) is 0 Å². The Morgan fingerprint density at radius 1 is 1.56 bits per heavy atom. The summed E-state index contributed by atoms with van der Waals surface area (Å²) in [6.07, 6.45) is 3.92. The quantitative estimate of drug-likeness (QED) is 0.825. The minimum atomic E-state index is 0.214. The zero-order chi connectivity index (χ0) is 11.5. The van der Waals surface area contributed by atoms with Gasteiger partial charge in [-0.2, -0.15) is 0 Å². The van der Waals surface area contributed by atoms with E-state index in [0.717, 1.165) is 6.04 Å². The number of nitrogens with zero attached hydrogens (tertiary/aromatic N) is 1. The van der Waals surface area contributed by atoms with E-state index in [9.17, 15) is 0 Å². The van der Waals surface area contributed by atoms with E-state index in [2.05, 4.69) is 36.3 Å². The van der Waals surface area contributed by atoms with Gasteiger partial charge in [0.05, 0.1) is 6.04 Å². The number of hydrogen-bond acceptors (Lipinski definition) is 3. The summed E-state index contributed by atoms with van der Waals surface area (Å²) in [6.45, 7) is 5.56. The van der Waals surface area contributed by atoms with Crippen molar-refractivity contribution in [2.75, 3.05) is 6.54 Å². The van der Waals surface area contributed by atoms with Crippen LogP contribution in [0.15, 0.2) is 17.5 Å². The normalized spacial score (nSPS) is 20.0. The molecule has 0 spiro atoms. The summed E-state index contributed by atoms with van der Waals surface area (Å²) >= 11 is 1.84. The van der Waals surface area contributed by atoms with Crippen LogP contribution in [0.2, 0.25) is 0 Å². The van der Waals surface area contributed by atoms with Crippen molar-refractivity contribution in [1.29, 1.82) is 0 Å². The van der Waals surface area contributed by atoms with Gasteiger partial charge in [0.15, 0.2) is 0 Å². The van der Waals surface area contributed by atoms with E-state index in [4.69, 9.17) is 5.73 Å². The molecule has 2 nitrogen and oxygen atoms in total. The number of rotatable bonds is 6. The van der Waals surface area contributed by atoms with Gasteiger partial charge >= 0.3 is 0 Å². The van der Waals surface area contributed by atoms with Crippen molar-refractivity contribution in [2.45, 2.75) is 51.2 Å². The van der Waals surface area contributed by atoms with Crippen LogP contribution in [0.3, 0.4) is 0 Å². The van der Waals surface area contributed by atoms with Crippen LogP contribution in [0.1, 0.15) is 44.0 Å². The van der Waals surface area contributed by atoms with Crippen molar-refractivity contribution in [3.8, 4) is 0 Å². The molecular weight excluding hydrogens is 216 g/mol. The second kappa shape index (κ2) is 5.30. The third kappa shape index (κ3) is 2.65. The maximum atomic E-state index is 6.19. The van der Waals surface area contributed by atoms with E-state index in [1.165, 1.54) is 30.7 Å². The van der Waals surface area contributed by atoms with Crippen molar-refractivity contribution in [2.24, 2.45) is 5.73 Å². The molecule has 16 heavy (non-hydrogen) atoms. The fourth-order valence-electron chi connectivity index (χ4n) is 2.40. The Morgan fingerprint density at radius 3 is 2.75 bits per heavy atom. The molecule has 3 heteroatoms. The Labute approximate surface area is 102 Å². The van der Waals surface area contributed by atoms with E-state index in [-0.39, 0.29) is 6.04 Å². The molecule has 90 valence electrons. The van der Waals surface area contributed by atoms with E-state index < -0.39 is 0 Å². The van der Waals surface area contributed by atoms with Gasteiger partial charge in [-0.25, -0.2) is 0 Å². The molecule has 0 saturated heterocycles. The van der Waals surface area contributed by atoms with E-state index in [1.807, 2.05) is 11.3 Å². The van der Waals surface area contributed by atoms with Gasteiger partial charge in [-0.05, 0) is 44.2 Å². The van der Waals surface area contributed by atoms with Crippen LogP contribution >= 0.6 is 11.3 Å². The van der Waals surface area contributed by atoms with Crippen molar-refractivity contribution in [1.82, 2.24) is 4.90 Å². The highest BCUT2D eigenvalue weighted by molar-refractivity contribution is 7.10. The molecular formula is C13H22N2S. The largest absolute Gasteiger partial charge is 0.326 e. The first-order valence-electron chi connectivity index (χ1n) is 6.28. The first-order valence-corrected chi connectivity index (χ1v) is 7.16. The highest BCUT2D eigenvalue weighted by Crippen LogP contribution is 2.37. The molecule has 1 aliphatic rings. The SMILES string of the molecule is CCCN(C1CC1)C(c1cccs1)C(C)N. The lowest BCUT2D eigenvalue weighted by Crippen LogP contribution is -2.40. The molecule has 1 heterocycles. The third-order valence-corrected chi connectivity index (χ3v) is 4.13. The molecule has 2 N–H and O–H groups in total. The average Bonchev–Trinajstić information content (AvgIpc) is 2.95. The topological polar surface area (TPSA) is 29.3 Å². The highest BCUT2D eigenvalue weighted by atomic mass is 32.1. The highest BCUT2D eigenvalue weighted by Gasteiger charge is 2.35. The van der Waals surface area contributed by atoms with Crippen LogP contribution in [0.4, 0.5) is 0 Å². The predicted molar refractivity (Wildman–Crippen MR) is 70.7 cm³/mol. The number of thiophene rings is 1. The minimum Gasteiger partial charge on any atom is -0.326 e. The van der Waals surface area contributed by atoms with Crippen LogP contribution < -0.4 is 5.73 Å². The van der Waals surface area contributed by atoms with Gasteiger partial charge in [-0.15, -0.1) is 11.3 Å². The maximum Gasteiger partial charge on any atom is 0.0593 e. The molecule has 0 bridgehead atoms. The molecule has 0 aliphatic heterocycles. The Hall–Kier alpha value is -0.380. The first-order chi connectivity index (χ1) is 7.74. The van der Waals surface area contributed by atoms with Gasteiger partial charge in [-0.1, -0.05) is 13.0 Å². The third-order valence-electron chi connectivity index (χ3n) is 3.19. The van der Waals surface area contributed by atoms with E-state index in [0.29, 0.717) is 6.04 Å². The zero-order valence-electron chi connectivity index (χ0n) is 10.2. The lowest BCUT2D eigenvalue weighted by molar-refractivity contribution is 0.169. The van der Waals surface area contributed by atoms with Crippen molar-refractivity contribution in [3.63, 3.8) is 0 Å². The summed E-state index contributed by atoms with van der Waals surface area (Å²) in [5.41, 5.74) is 6.19. The molecule has 1 aliphatic carbocycles. The molecule has 1 saturated carbocycles. The summed E-state index contributed by atoms with van der Waals surface area (Å²) in [5.74, 6) is 0. The van der Waals surface area contributed by atoms with Gasteiger partial charge < -0.3 is 5.73 Å². The molecule has 1 fully saturated rings. The molecule has 1 aromatic heterocycles. The first kappa shape index (κ1) is 12.1. The number of hydrogen-bond donors (Lipinski definition) is 1. The predicted octanol–water partition coefficient (Wildman–Crippen LogP) is 3.01. The summed E-state index contributed by atoms with van der Waals surface area (Å²) in [4.78, 5) is 4.05. The zero-order valence-corrected chi connectivity index (χ0v) is 11.0. The minimum absolute atomic E-state index is 0.214. The average molecular weight is 238 g/mol. The van der Waals surface area contributed by atoms with Crippen LogP contribution in [-0.4, -0.2) is 23.5 Å². The molecule has 0 radical (unpaired) electrons. The summed E-state index contributed by atoms with van der Waals surface area (Å²) in [5, 5.41) is 2.15. The van der Waals surface area contributed by atoms with Crippen molar-refractivity contribution < 1.29 is 0 Å². The monoisotopic (exact) mass is 238 g/mol. The summed E-state index contributed by atoms with van der Waals surface area (Å²) < 4.78 is 0. The Morgan fingerprint density at radius 2 is 2.31 bits per heavy atom. The molecule has 2 rings (SSSR count). The molecule has 0 aromatic carbocycles. The lowest BCUT2D eigenvalue weighted by atomic mass is 10.1. The van der Waals surface area contributed by atoms with Crippen LogP contribution in [-0.2, 0) is 0 Å². The van der Waals surface area contributed by atoms with Gasteiger partial charge in [0.1, 0.15) is 0 Å². The molecule has 1 aromatic rings. The van der Waals surface area contributed by atoms with Crippen LogP contribution in [0.5, 0.6) is 0 Å². The number of nitrogens with two attached hydrogens (primary N) is 1. The van der Waals surface area contributed by atoms with Gasteiger partial charge in [0.25, 0.3) is 0 Å². The van der Waals surface area contributed by atoms with Crippen LogP contribution in [0.25, 0.3) is 0 Å². The molecule has 0 amide bonds. The fraction of sp³-hybridized carbons (Fsp3) is 0.692.